The molecule has 0 saturated carbocycles. The van der Waals surface area contributed by atoms with Crippen LogP contribution < -0.4 is 5.32 Å². The molecule has 1 N–H and O–H groups in total. The first-order valence-electron chi connectivity index (χ1n) is 10.5. The van der Waals surface area contributed by atoms with Gasteiger partial charge in [0.15, 0.2) is 5.54 Å². The summed E-state index contributed by atoms with van der Waals surface area (Å²) in [5, 5.41) is 7.04. The van der Waals surface area contributed by atoms with Gasteiger partial charge in [-0.05, 0) is 30.7 Å². The average Bonchev–Trinajstić information content (AvgIpc) is 3.47. The van der Waals surface area contributed by atoms with Crippen molar-refractivity contribution >= 4 is 23.3 Å². The number of aryl methyl sites for hydroxylation is 1. The molecule has 5 rings (SSSR count). The number of carbonyl (C=O) groups excluding carboxylic acids is 2. The van der Waals surface area contributed by atoms with Crippen molar-refractivity contribution in [3.05, 3.63) is 65.9 Å². The molecule has 0 atom stereocenters. The number of pyridine rings is 1. The molecule has 1 aromatic carbocycles. The lowest BCUT2D eigenvalue weighted by Crippen LogP contribution is -2.60. The lowest BCUT2D eigenvalue weighted by molar-refractivity contribution is -0.141. The Morgan fingerprint density at radius 2 is 2.06 bits per heavy atom. The molecule has 4 aromatic rings. The van der Waals surface area contributed by atoms with Crippen LogP contribution in [0.25, 0.3) is 17.0 Å². The monoisotopic (exact) mass is 462 g/mol. The summed E-state index contributed by atoms with van der Waals surface area (Å²) in [6, 6.07) is 11.0. The number of rotatable bonds is 5. The Kier molecular flexibility index (Phi) is 5.25. The number of methoxy groups -OCH3 is 1. The standard InChI is InChI=1S/C23H22N6O5/c1-14-7-8-15(10-16(14)25-20(30)17-11-24-18-6-4-5-9-29(17)18)19-26-21(34-27-19)23(12-33-13-23)28(2)22(31)32-3/h4-11H,12-13H2,1-3H3,(H,25,30). The van der Waals surface area contributed by atoms with E-state index in [1.54, 1.807) is 23.7 Å². The normalized spacial score (nSPS) is 14.4. The lowest BCUT2D eigenvalue weighted by atomic mass is 9.95. The first-order chi connectivity index (χ1) is 16.4. The first kappa shape index (κ1) is 21.6. The van der Waals surface area contributed by atoms with Gasteiger partial charge in [0.1, 0.15) is 11.3 Å². The van der Waals surface area contributed by atoms with Crippen molar-refractivity contribution in [2.45, 2.75) is 12.5 Å². The molecule has 174 valence electrons. The van der Waals surface area contributed by atoms with Gasteiger partial charge in [0.25, 0.3) is 11.8 Å². The summed E-state index contributed by atoms with van der Waals surface area (Å²) in [7, 11) is 2.90. The number of likely N-dealkylation sites (N-methyl/N-ethyl adjacent to an activating group) is 1. The predicted octanol–water partition coefficient (Wildman–Crippen LogP) is 2.87. The SMILES string of the molecule is COC(=O)N(C)C1(c2nc(-c3ccc(C)c(NC(=O)c4cnc5ccccn45)c3)no2)COC1. The maximum atomic E-state index is 13.0. The summed E-state index contributed by atoms with van der Waals surface area (Å²) in [4.78, 5) is 35.2. The Bertz CT molecular complexity index is 1390. The maximum absolute atomic E-state index is 13.0. The van der Waals surface area contributed by atoms with E-state index in [9.17, 15) is 9.59 Å². The largest absolute Gasteiger partial charge is 0.453 e. The van der Waals surface area contributed by atoms with Crippen molar-refractivity contribution in [1.82, 2.24) is 24.4 Å². The van der Waals surface area contributed by atoms with Gasteiger partial charge >= 0.3 is 6.09 Å². The molecule has 1 aliphatic rings. The molecule has 11 heteroatoms. The quantitative estimate of drug-likeness (QED) is 0.480. The van der Waals surface area contributed by atoms with Gasteiger partial charge in [-0.25, -0.2) is 9.78 Å². The molecule has 1 saturated heterocycles. The Labute approximate surface area is 194 Å². The zero-order valence-corrected chi connectivity index (χ0v) is 18.8. The Morgan fingerprint density at radius 3 is 2.79 bits per heavy atom. The van der Waals surface area contributed by atoms with Gasteiger partial charge in [-0.15, -0.1) is 0 Å². The fourth-order valence-corrected chi connectivity index (χ4v) is 3.78. The highest BCUT2D eigenvalue weighted by Gasteiger charge is 2.51. The van der Waals surface area contributed by atoms with Crippen LogP contribution in [0.1, 0.15) is 21.9 Å². The number of ether oxygens (including phenoxy) is 2. The van der Waals surface area contributed by atoms with Crippen molar-refractivity contribution in [1.29, 1.82) is 0 Å². The molecule has 0 spiro atoms. The lowest BCUT2D eigenvalue weighted by Gasteiger charge is -2.43. The van der Waals surface area contributed by atoms with Gasteiger partial charge in [0.2, 0.25) is 5.82 Å². The number of anilines is 1. The number of benzene rings is 1. The van der Waals surface area contributed by atoms with E-state index in [4.69, 9.17) is 14.0 Å². The third-order valence-corrected chi connectivity index (χ3v) is 5.99. The van der Waals surface area contributed by atoms with Crippen LogP contribution in [0.4, 0.5) is 10.5 Å². The van der Waals surface area contributed by atoms with Gasteiger partial charge in [-0.3, -0.25) is 14.1 Å². The highest BCUT2D eigenvalue weighted by molar-refractivity contribution is 6.04. The minimum absolute atomic E-state index is 0.217. The number of nitrogens with zero attached hydrogens (tertiary/aromatic N) is 5. The fraction of sp³-hybridized carbons (Fsp3) is 0.261. The van der Waals surface area contributed by atoms with Crippen LogP contribution in [0.2, 0.25) is 0 Å². The summed E-state index contributed by atoms with van der Waals surface area (Å²) < 4.78 is 17.4. The number of imidazole rings is 1. The summed E-state index contributed by atoms with van der Waals surface area (Å²) in [6.07, 6.45) is 2.79. The molecule has 0 bridgehead atoms. The third-order valence-electron chi connectivity index (χ3n) is 5.99. The number of carbonyl (C=O) groups is 2. The highest BCUT2D eigenvalue weighted by Crippen LogP contribution is 2.36. The van der Waals surface area contributed by atoms with E-state index in [-0.39, 0.29) is 25.0 Å². The number of fused-ring (bicyclic) bond motifs is 1. The molecule has 1 aliphatic heterocycles. The van der Waals surface area contributed by atoms with Crippen LogP contribution in [0.5, 0.6) is 0 Å². The molecule has 4 heterocycles. The second-order valence-corrected chi connectivity index (χ2v) is 8.03. The van der Waals surface area contributed by atoms with Crippen molar-refractivity contribution in [2.24, 2.45) is 0 Å². The van der Waals surface area contributed by atoms with Gasteiger partial charge in [-0.1, -0.05) is 23.4 Å². The number of hydrogen-bond donors (Lipinski definition) is 1. The van der Waals surface area contributed by atoms with Crippen molar-refractivity contribution in [2.75, 3.05) is 32.7 Å². The minimum Gasteiger partial charge on any atom is -0.453 e. The Balaban J connectivity index is 1.42. The van der Waals surface area contributed by atoms with E-state index in [1.165, 1.54) is 18.2 Å². The number of aromatic nitrogens is 4. The summed E-state index contributed by atoms with van der Waals surface area (Å²) in [6.45, 7) is 2.32. The van der Waals surface area contributed by atoms with E-state index < -0.39 is 11.6 Å². The average molecular weight is 462 g/mol. The summed E-state index contributed by atoms with van der Waals surface area (Å²) >= 11 is 0. The number of hydrogen-bond acceptors (Lipinski definition) is 8. The summed E-state index contributed by atoms with van der Waals surface area (Å²) in [5.74, 6) is 0.279. The zero-order valence-electron chi connectivity index (χ0n) is 18.8. The molecule has 1 fully saturated rings. The highest BCUT2D eigenvalue weighted by atomic mass is 16.6. The van der Waals surface area contributed by atoms with Crippen LogP contribution in [-0.2, 0) is 15.0 Å². The van der Waals surface area contributed by atoms with Gasteiger partial charge in [0.05, 0.1) is 26.5 Å². The Morgan fingerprint density at radius 1 is 1.24 bits per heavy atom. The molecular weight excluding hydrogens is 440 g/mol. The molecule has 3 aromatic heterocycles. The van der Waals surface area contributed by atoms with Crippen molar-refractivity contribution in [3.8, 4) is 11.4 Å². The van der Waals surface area contributed by atoms with E-state index >= 15 is 0 Å². The topological polar surface area (TPSA) is 124 Å². The van der Waals surface area contributed by atoms with Crippen LogP contribution >= 0.6 is 0 Å². The van der Waals surface area contributed by atoms with Gasteiger partial charge in [-0.2, -0.15) is 4.98 Å². The van der Waals surface area contributed by atoms with E-state index in [2.05, 4.69) is 20.4 Å². The van der Waals surface area contributed by atoms with Gasteiger partial charge < -0.3 is 19.3 Å². The Hall–Kier alpha value is -4.25. The molecular formula is C23H22N6O5. The second kappa shape index (κ2) is 8.27. The summed E-state index contributed by atoms with van der Waals surface area (Å²) in [5.41, 5.74) is 2.33. The smallest absolute Gasteiger partial charge is 0.410 e. The van der Waals surface area contributed by atoms with Crippen LogP contribution in [0.3, 0.4) is 0 Å². The minimum atomic E-state index is -0.886. The predicted molar refractivity (Wildman–Crippen MR) is 120 cm³/mol. The second-order valence-electron chi connectivity index (χ2n) is 8.03. The van der Waals surface area contributed by atoms with Crippen LogP contribution in [0, 0.1) is 6.92 Å². The molecule has 2 amide bonds. The zero-order chi connectivity index (χ0) is 23.9. The van der Waals surface area contributed by atoms with Crippen molar-refractivity contribution in [3.63, 3.8) is 0 Å². The fourth-order valence-electron chi connectivity index (χ4n) is 3.78. The molecule has 34 heavy (non-hydrogen) atoms. The number of nitrogens with one attached hydrogen (secondary N) is 1. The maximum Gasteiger partial charge on any atom is 0.410 e. The number of amides is 2. The van der Waals surface area contributed by atoms with E-state index in [0.29, 0.717) is 28.4 Å². The third kappa shape index (κ3) is 3.46. The van der Waals surface area contributed by atoms with E-state index in [1.807, 2.05) is 37.3 Å². The van der Waals surface area contributed by atoms with Crippen LogP contribution in [0.15, 0.2) is 53.3 Å². The molecule has 0 aliphatic carbocycles. The molecule has 11 nitrogen and oxygen atoms in total. The van der Waals surface area contributed by atoms with Gasteiger partial charge in [0, 0.05) is 24.5 Å². The van der Waals surface area contributed by atoms with Crippen molar-refractivity contribution < 1.29 is 23.6 Å². The van der Waals surface area contributed by atoms with E-state index in [0.717, 1.165) is 5.56 Å². The molecule has 0 unspecified atom stereocenters. The van der Waals surface area contributed by atoms with Crippen LogP contribution in [-0.4, -0.2) is 63.8 Å². The molecule has 0 radical (unpaired) electrons. The first-order valence-corrected chi connectivity index (χ1v) is 10.5.